The Morgan fingerprint density at radius 3 is 2.85 bits per heavy atom. The van der Waals surface area contributed by atoms with Gasteiger partial charge in [0.15, 0.2) is 5.78 Å². The monoisotopic (exact) mass is 360 g/mol. The molecule has 0 saturated carbocycles. The fourth-order valence-electron chi connectivity index (χ4n) is 3.70. The Labute approximate surface area is 157 Å². The number of ketones is 1. The summed E-state index contributed by atoms with van der Waals surface area (Å²) in [7, 11) is 0. The van der Waals surface area contributed by atoms with Crippen molar-refractivity contribution in [3.8, 4) is 0 Å². The second-order valence-electron chi connectivity index (χ2n) is 6.87. The van der Waals surface area contributed by atoms with E-state index in [2.05, 4.69) is 10.3 Å². The van der Waals surface area contributed by atoms with Gasteiger partial charge in [0, 0.05) is 17.7 Å². The lowest BCUT2D eigenvalue weighted by molar-refractivity contribution is -0.139. The molecule has 0 fully saturated rings. The lowest BCUT2D eigenvalue weighted by Crippen LogP contribution is -2.49. The summed E-state index contributed by atoms with van der Waals surface area (Å²) in [6, 6.07) is 8.05. The van der Waals surface area contributed by atoms with Crippen LogP contribution in [0.4, 0.5) is 0 Å². The summed E-state index contributed by atoms with van der Waals surface area (Å²) in [5, 5.41) is 12.7. The fourth-order valence-corrected chi connectivity index (χ4v) is 3.70. The van der Waals surface area contributed by atoms with Crippen LogP contribution in [-0.2, 0) is 16.0 Å². The van der Waals surface area contributed by atoms with Gasteiger partial charge in [0.2, 0.25) is 0 Å². The zero-order valence-corrected chi connectivity index (χ0v) is 14.7. The maximum atomic E-state index is 13.1. The van der Waals surface area contributed by atoms with Crippen molar-refractivity contribution in [3.05, 3.63) is 83.1 Å². The maximum Gasteiger partial charge on any atom is 0.321 e. The van der Waals surface area contributed by atoms with Crippen molar-refractivity contribution >= 4 is 18.0 Å². The minimum Gasteiger partial charge on any atom is -0.480 e. The first-order chi connectivity index (χ1) is 13.1. The zero-order chi connectivity index (χ0) is 18.8. The Hall–Kier alpha value is -3.05. The Morgan fingerprint density at radius 2 is 2.07 bits per heavy atom. The number of fused-ring (bicyclic) bond motifs is 2. The van der Waals surface area contributed by atoms with E-state index in [-0.39, 0.29) is 11.7 Å². The number of hydrogen-bond donors (Lipinski definition) is 2. The van der Waals surface area contributed by atoms with Crippen LogP contribution in [0.15, 0.2) is 82.5 Å². The second-order valence-corrected chi connectivity index (χ2v) is 6.87. The van der Waals surface area contributed by atoms with Crippen molar-refractivity contribution in [1.82, 2.24) is 5.32 Å². The van der Waals surface area contributed by atoms with Crippen molar-refractivity contribution in [3.63, 3.8) is 0 Å². The number of rotatable bonds is 5. The number of carboxylic acid groups (broad SMARTS) is 1. The third-order valence-corrected chi connectivity index (χ3v) is 5.08. The molecule has 1 aromatic rings. The van der Waals surface area contributed by atoms with Crippen LogP contribution in [0.3, 0.4) is 0 Å². The van der Waals surface area contributed by atoms with Crippen LogP contribution in [0, 0.1) is 5.92 Å². The Morgan fingerprint density at radius 1 is 1.26 bits per heavy atom. The van der Waals surface area contributed by atoms with Gasteiger partial charge in [-0.15, -0.1) is 0 Å². The molecule has 0 spiro atoms. The number of nitrogens with one attached hydrogen (secondary N) is 1. The first-order valence-corrected chi connectivity index (χ1v) is 9.04. The highest BCUT2D eigenvalue weighted by Gasteiger charge is 2.35. The van der Waals surface area contributed by atoms with Gasteiger partial charge in [0.1, 0.15) is 6.04 Å². The van der Waals surface area contributed by atoms with Crippen molar-refractivity contribution in [1.29, 1.82) is 0 Å². The number of carboxylic acids is 1. The first-order valence-electron chi connectivity index (χ1n) is 9.04. The molecular formula is C22H20N2O3. The highest BCUT2D eigenvalue weighted by atomic mass is 16.4. The molecule has 1 aliphatic heterocycles. The average molecular weight is 360 g/mol. The zero-order valence-electron chi connectivity index (χ0n) is 14.7. The van der Waals surface area contributed by atoms with E-state index in [1.807, 2.05) is 66.9 Å². The summed E-state index contributed by atoms with van der Waals surface area (Å²) < 4.78 is 0. The number of nitrogens with zero attached hydrogens (tertiary/aromatic N) is 1. The van der Waals surface area contributed by atoms with Crippen LogP contribution in [0.5, 0.6) is 0 Å². The van der Waals surface area contributed by atoms with Gasteiger partial charge < -0.3 is 5.11 Å². The lowest BCUT2D eigenvalue weighted by Gasteiger charge is -2.30. The highest BCUT2D eigenvalue weighted by Crippen LogP contribution is 2.34. The van der Waals surface area contributed by atoms with Gasteiger partial charge in [-0.05, 0) is 24.0 Å². The van der Waals surface area contributed by atoms with Crippen LogP contribution in [-0.4, -0.2) is 35.2 Å². The van der Waals surface area contributed by atoms with Crippen LogP contribution in [0.2, 0.25) is 0 Å². The summed E-state index contributed by atoms with van der Waals surface area (Å²) in [4.78, 5) is 29.3. The summed E-state index contributed by atoms with van der Waals surface area (Å²) in [5.41, 5.74) is 3.15. The largest absolute Gasteiger partial charge is 0.480 e. The maximum absolute atomic E-state index is 13.1. The molecular weight excluding hydrogens is 340 g/mol. The van der Waals surface area contributed by atoms with E-state index in [0.29, 0.717) is 24.1 Å². The molecule has 5 nitrogen and oxygen atoms in total. The Bertz CT molecular complexity index is 922. The van der Waals surface area contributed by atoms with E-state index in [9.17, 15) is 14.7 Å². The standard InChI is InChI=1S/C22H20N2O3/c25-21-18(24-19(22(26)27)12-14-6-2-1-3-7-14)11-10-17-20(21)16-9-5-4-8-15(16)13-23-17/h1-10,13,15,18-19,24H,11-12H2,(H,26,27)/t15?,18?,19-/m0/s1. The minimum atomic E-state index is -0.959. The molecule has 0 bridgehead atoms. The van der Waals surface area contributed by atoms with E-state index >= 15 is 0 Å². The second kappa shape index (κ2) is 7.29. The lowest BCUT2D eigenvalue weighted by atomic mass is 9.81. The van der Waals surface area contributed by atoms with Crippen molar-refractivity contribution in [2.24, 2.45) is 10.9 Å². The molecule has 136 valence electrons. The molecule has 2 aliphatic carbocycles. The summed E-state index contributed by atoms with van der Waals surface area (Å²) in [6.45, 7) is 0. The summed E-state index contributed by atoms with van der Waals surface area (Å²) >= 11 is 0. The van der Waals surface area contributed by atoms with Gasteiger partial charge in [0.25, 0.3) is 0 Å². The topological polar surface area (TPSA) is 78.8 Å². The molecule has 4 rings (SSSR count). The predicted molar refractivity (Wildman–Crippen MR) is 103 cm³/mol. The SMILES string of the molecule is O=C1C2=C3C=CC=CC3C=NC2=CCC1N[C@@H](Cc1ccccc1)C(=O)O. The molecule has 3 aliphatic rings. The number of aliphatic carboxylic acids is 1. The van der Waals surface area contributed by atoms with E-state index in [1.165, 1.54) is 0 Å². The first kappa shape index (κ1) is 17.4. The summed E-state index contributed by atoms with van der Waals surface area (Å²) in [5.74, 6) is -1.04. The number of carbonyl (C=O) groups is 2. The molecule has 27 heavy (non-hydrogen) atoms. The normalized spacial score (nSPS) is 24.3. The van der Waals surface area contributed by atoms with Crippen molar-refractivity contribution in [2.45, 2.75) is 24.9 Å². The number of Topliss-reactive ketones (excluding diaryl/α,β-unsaturated/α-hetero) is 1. The van der Waals surface area contributed by atoms with Crippen LogP contribution >= 0.6 is 0 Å². The predicted octanol–water partition coefficient (Wildman–Crippen LogP) is 2.62. The number of dihydropyridines is 1. The quantitative estimate of drug-likeness (QED) is 0.846. The molecule has 0 amide bonds. The molecule has 2 N–H and O–H groups in total. The number of hydrogen-bond acceptors (Lipinski definition) is 4. The van der Waals surface area contributed by atoms with Gasteiger partial charge in [-0.3, -0.25) is 19.9 Å². The minimum absolute atomic E-state index is 0.00411. The van der Waals surface area contributed by atoms with E-state index in [4.69, 9.17) is 0 Å². The smallest absolute Gasteiger partial charge is 0.321 e. The molecule has 3 atom stereocenters. The van der Waals surface area contributed by atoms with E-state index in [0.717, 1.165) is 11.1 Å². The fraction of sp³-hybridized carbons (Fsp3) is 0.227. The van der Waals surface area contributed by atoms with E-state index < -0.39 is 18.1 Å². The Balaban J connectivity index is 1.58. The third-order valence-electron chi connectivity index (χ3n) is 5.08. The van der Waals surface area contributed by atoms with E-state index in [1.54, 1.807) is 0 Å². The molecule has 0 radical (unpaired) electrons. The third kappa shape index (κ3) is 3.46. The molecule has 2 unspecified atom stereocenters. The van der Waals surface area contributed by atoms with Gasteiger partial charge in [0.05, 0.1) is 11.7 Å². The molecule has 1 aromatic carbocycles. The van der Waals surface area contributed by atoms with Crippen LogP contribution < -0.4 is 5.32 Å². The molecule has 1 heterocycles. The number of benzene rings is 1. The van der Waals surface area contributed by atoms with Crippen molar-refractivity contribution in [2.75, 3.05) is 0 Å². The van der Waals surface area contributed by atoms with Gasteiger partial charge >= 0.3 is 5.97 Å². The molecule has 0 saturated heterocycles. The highest BCUT2D eigenvalue weighted by molar-refractivity contribution is 6.07. The average Bonchev–Trinajstić information content (AvgIpc) is 2.69. The molecule has 5 heteroatoms. The molecule has 0 aromatic heterocycles. The van der Waals surface area contributed by atoms with Gasteiger partial charge in [-0.25, -0.2) is 0 Å². The van der Waals surface area contributed by atoms with Crippen LogP contribution in [0.1, 0.15) is 12.0 Å². The van der Waals surface area contributed by atoms with Crippen molar-refractivity contribution < 1.29 is 14.7 Å². The summed E-state index contributed by atoms with van der Waals surface area (Å²) in [6.07, 6.45) is 12.3. The van der Waals surface area contributed by atoms with Gasteiger partial charge in [-0.1, -0.05) is 60.7 Å². The van der Waals surface area contributed by atoms with Crippen LogP contribution in [0.25, 0.3) is 0 Å². The van der Waals surface area contributed by atoms with Gasteiger partial charge in [-0.2, -0.15) is 0 Å². The number of aliphatic imine (C=N–C) groups is 1. The number of carbonyl (C=O) groups excluding carboxylic acids is 1. The Kier molecular flexibility index (Phi) is 4.69. The number of allylic oxidation sites excluding steroid dienone is 6.